The number of ketones is 1. The first-order valence-electron chi connectivity index (χ1n) is 7.03. The molecule has 3 rings (SSSR count). The zero-order chi connectivity index (χ0) is 15.0. The smallest absolute Gasteiger partial charge is 0.199 e. The van der Waals surface area contributed by atoms with Gasteiger partial charge in [-0.1, -0.05) is 37.3 Å². The molecule has 3 heteroatoms. The van der Waals surface area contributed by atoms with Crippen LogP contribution in [0.2, 0.25) is 0 Å². The van der Waals surface area contributed by atoms with Gasteiger partial charge in [-0.25, -0.2) is 0 Å². The Morgan fingerprint density at radius 3 is 2.67 bits per heavy atom. The minimum Gasteiger partial charge on any atom is -0.460 e. The Labute approximate surface area is 123 Å². The first-order chi connectivity index (χ1) is 10.1. The monoisotopic (exact) mass is 279 g/mol. The summed E-state index contributed by atoms with van der Waals surface area (Å²) in [6.07, 6.45) is 0.668. The highest BCUT2D eigenvalue weighted by Gasteiger charge is 2.22. The molecule has 2 N–H and O–H groups in total. The number of para-hydroxylation sites is 2. The zero-order valence-electron chi connectivity index (χ0n) is 12.1. The Hall–Kier alpha value is -2.55. The van der Waals surface area contributed by atoms with Crippen molar-refractivity contribution in [2.45, 2.75) is 20.3 Å². The Morgan fingerprint density at radius 1 is 1.14 bits per heavy atom. The number of hydrogen-bond acceptors (Lipinski definition) is 3. The van der Waals surface area contributed by atoms with Gasteiger partial charge in [-0.05, 0) is 24.6 Å². The maximum Gasteiger partial charge on any atom is 0.199 e. The van der Waals surface area contributed by atoms with Gasteiger partial charge in [-0.2, -0.15) is 0 Å². The Morgan fingerprint density at radius 2 is 1.90 bits per heavy atom. The van der Waals surface area contributed by atoms with E-state index in [0.29, 0.717) is 29.0 Å². The van der Waals surface area contributed by atoms with Crippen molar-refractivity contribution < 1.29 is 9.21 Å². The van der Waals surface area contributed by atoms with Crippen molar-refractivity contribution in [3.8, 4) is 0 Å². The van der Waals surface area contributed by atoms with Crippen molar-refractivity contribution in [2.24, 2.45) is 0 Å². The number of nitrogen functional groups attached to an aromatic ring is 1. The second kappa shape index (κ2) is 5.09. The predicted octanol–water partition coefficient (Wildman–Crippen LogP) is 4.12. The van der Waals surface area contributed by atoms with Gasteiger partial charge < -0.3 is 10.2 Å². The van der Waals surface area contributed by atoms with Crippen LogP contribution < -0.4 is 5.73 Å². The van der Waals surface area contributed by atoms with Crippen LogP contribution in [0.3, 0.4) is 0 Å². The summed E-state index contributed by atoms with van der Waals surface area (Å²) in [5.74, 6) is 0.639. The zero-order valence-corrected chi connectivity index (χ0v) is 12.1. The van der Waals surface area contributed by atoms with Crippen molar-refractivity contribution in [1.82, 2.24) is 0 Å². The Bertz CT molecular complexity index is 830. The van der Waals surface area contributed by atoms with Gasteiger partial charge in [0.2, 0.25) is 0 Å². The van der Waals surface area contributed by atoms with E-state index in [1.165, 1.54) is 0 Å². The topological polar surface area (TPSA) is 56.2 Å². The molecule has 0 unspecified atom stereocenters. The summed E-state index contributed by atoms with van der Waals surface area (Å²) in [5.41, 5.74) is 9.43. The van der Waals surface area contributed by atoms with E-state index in [2.05, 4.69) is 0 Å². The van der Waals surface area contributed by atoms with E-state index in [9.17, 15) is 4.79 Å². The maximum absolute atomic E-state index is 12.9. The van der Waals surface area contributed by atoms with E-state index in [-0.39, 0.29) is 5.78 Å². The molecule has 2 aromatic carbocycles. The third kappa shape index (κ3) is 2.11. The quantitative estimate of drug-likeness (QED) is 0.579. The Balaban J connectivity index is 2.24. The number of aryl methyl sites for hydroxylation is 2. The molecule has 0 saturated heterocycles. The van der Waals surface area contributed by atoms with Gasteiger partial charge in [0.25, 0.3) is 0 Å². The highest BCUT2D eigenvalue weighted by atomic mass is 16.3. The lowest BCUT2D eigenvalue weighted by Crippen LogP contribution is -2.08. The fourth-order valence-corrected chi connectivity index (χ4v) is 2.61. The fourth-order valence-electron chi connectivity index (χ4n) is 2.61. The standard InChI is InChI=1S/C18H17NO2/c1-3-14-16(12-8-4-5-10-15(12)21-14)18(20)13-9-6-7-11(2)17(13)19/h4-10H,3,19H2,1-2H3. The fraction of sp³-hybridized carbons (Fsp3) is 0.167. The average Bonchev–Trinajstić information content (AvgIpc) is 2.88. The van der Waals surface area contributed by atoms with E-state index in [1.54, 1.807) is 6.07 Å². The predicted molar refractivity (Wildman–Crippen MR) is 84.6 cm³/mol. The molecule has 0 amide bonds. The third-order valence-electron chi connectivity index (χ3n) is 3.79. The highest BCUT2D eigenvalue weighted by molar-refractivity contribution is 6.19. The summed E-state index contributed by atoms with van der Waals surface area (Å²) in [4.78, 5) is 12.9. The molecule has 0 radical (unpaired) electrons. The SMILES string of the molecule is CCc1oc2ccccc2c1C(=O)c1cccc(C)c1N. The number of furan rings is 1. The van der Waals surface area contributed by atoms with Crippen LogP contribution >= 0.6 is 0 Å². The molecule has 1 aromatic heterocycles. The maximum atomic E-state index is 12.9. The van der Waals surface area contributed by atoms with E-state index in [0.717, 1.165) is 16.5 Å². The molecule has 106 valence electrons. The van der Waals surface area contributed by atoms with Gasteiger partial charge >= 0.3 is 0 Å². The third-order valence-corrected chi connectivity index (χ3v) is 3.79. The molecule has 3 nitrogen and oxygen atoms in total. The van der Waals surface area contributed by atoms with Crippen LogP contribution in [0.15, 0.2) is 46.9 Å². The number of anilines is 1. The number of nitrogens with two attached hydrogens (primary N) is 1. The molecule has 0 saturated carbocycles. The first-order valence-corrected chi connectivity index (χ1v) is 7.03. The number of benzene rings is 2. The summed E-state index contributed by atoms with van der Waals surface area (Å²) in [6.45, 7) is 3.88. The van der Waals surface area contributed by atoms with E-state index in [4.69, 9.17) is 10.2 Å². The molecule has 0 fully saturated rings. The summed E-state index contributed by atoms with van der Waals surface area (Å²) in [5, 5.41) is 0.847. The van der Waals surface area contributed by atoms with Crippen molar-refractivity contribution in [2.75, 3.05) is 5.73 Å². The lowest BCUT2D eigenvalue weighted by atomic mass is 9.96. The minimum atomic E-state index is -0.0713. The summed E-state index contributed by atoms with van der Waals surface area (Å²) < 4.78 is 5.80. The van der Waals surface area contributed by atoms with E-state index < -0.39 is 0 Å². The van der Waals surface area contributed by atoms with Gasteiger partial charge in [0.15, 0.2) is 5.78 Å². The number of fused-ring (bicyclic) bond motifs is 1. The lowest BCUT2D eigenvalue weighted by molar-refractivity contribution is 0.103. The number of carbonyl (C=O) groups excluding carboxylic acids is 1. The molecule has 0 aliphatic carbocycles. The van der Waals surface area contributed by atoms with Crippen LogP contribution in [0.4, 0.5) is 5.69 Å². The van der Waals surface area contributed by atoms with Gasteiger partial charge in [0.05, 0.1) is 5.56 Å². The molecule has 3 aromatic rings. The molecular formula is C18H17NO2. The van der Waals surface area contributed by atoms with Crippen molar-refractivity contribution in [3.63, 3.8) is 0 Å². The van der Waals surface area contributed by atoms with Gasteiger partial charge in [-0.3, -0.25) is 4.79 Å². The van der Waals surface area contributed by atoms with Crippen LogP contribution in [0.25, 0.3) is 11.0 Å². The summed E-state index contributed by atoms with van der Waals surface area (Å²) in [7, 11) is 0. The molecule has 0 aliphatic rings. The van der Waals surface area contributed by atoms with Crippen molar-refractivity contribution in [1.29, 1.82) is 0 Å². The second-order valence-electron chi connectivity index (χ2n) is 5.12. The summed E-state index contributed by atoms with van der Waals surface area (Å²) >= 11 is 0. The number of hydrogen-bond donors (Lipinski definition) is 1. The molecule has 21 heavy (non-hydrogen) atoms. The van der Waals surface area contributed by atoms with Crippen LogP contribution in [0, 0.1) is 6.92 Å². The molecule has 0 aliphatic heterocycles. The summed E-state index contributed by atoms with van der Waals surface area (Å²) in [6, 6.07) is 13.1. The lowest BCUT2D eigenvalue weighted by Gasteiger charge is -2.07. The molecule has 0 spiro atoms. The number of rotatable bonds is 3. The first kappa shape index (κ1) is 13.4. The minimum absolute atomic E-state index is 0.0713. The Kier molecular flexibility index (Phi) is 3.26. The van der Waals surface area contributed by atoms with Crippen LogP contribution in [0.5, 0.6) is 0 Å². The van der Waals surface area contributed by atoms with Crippen LogP contribution in [-0.2, 0) is 6.42 Å². The van der Waals surface area contributed by atoms with Crippen LogP contribution in [-0.4, -0.2) is 5.78 Å². The highest BCUT2D eigenvalue weighted by Crippen LogP contribution is 2.30. The normalized spacial score (nSPS) is 11.0. The molecule has 1 heterocycles. The van der Waals surface area contributed by atoms with Crippen molar-refractivity contribution in [3.05, 3.63) is 64.9 Å². The van der Waals surface area contributed by atoms with Crippen LogP contribution in [0.1, 0.15) is 34.2 Å². The van der Waals surface area contributed by atoms with Crippen molar-refractivity contribution >= 4 is 22.4 Å². The van der Waals surface area contributed by atoms with Gasteiger partial charge in [0, 0.05) is 23.1 Å². The second-order valence-corrected chi connectivity index (χ2v) is 5.12. The number of carbonyl (C=O) groups is 1. The molecule has 0 atom stereocenters. The molecule has 0 bridgehead atoms. The largest absolute Gasteiger partial charge is 0.460 e. The molecular weight excluding hydrogens is 262 g/mol. The average molecular weight is 279 g/mol. The van der Waals surface area contributed by atoms with Gasteiger partial charge in [0.1, 0.15) is 11.3 Å². The van der Waals surface area contributed by atoms with E-state index >= 15 is 0 Å². The van der Waals surface area contributed by atoms with Gasteiger partial charge in [-0.15, -0.1) is 0 Å². The van der Waals surface area contributed by atoms with E-state index in [1.807, 2.05) is 50.2 Å².